The second kappa shape index (κ2) is 6.27. The van der Waals surface area contributed by atoms with Crippen LogP contribution in [-0.2, 0) is 0 Å². The van der Waals surface area contributed by atoms with Crippen LogP contribution in [0.1, 0.15) is 10.5 Å². The van der Waals surface area contributed by atoms with E-state index < -0.39 is 0 Å². The van der Waals surface area contributed by atoms with Crippen LogP contribution in [0.15, 0.2) is 47.4 Å². The minimum Gasteiger partial charge on any atom is -0.305 e. The third-order valence-corrected chi connectivity index (χ3v) is 5.35. The molecule has 0 saturated heterocycles. The van der Waals surface area contributed by atoms with Gasteiger partial charge < -0.3 is 5.32 Å². The van der Waals surface area contributed by atoms with E-state index in [4.69, 9.17) is 11.6 Å². The third-order valence-electron chi connectivity index (χ3n) is 3.31. The van der Waals surface area contributed by atoms with Crippen molar-refractivity contribution in [3.05, 3.63) is 58.1 Å². The van der Waals surface area contributed by atoms with Crippen molar-refractivity contribution >= 4 is 56.1 Å². The van der Waals surface area contributed by atoms with Crippen LogP contribution in [0.5, 0.6) is 0 Å². The van der Waals surface area contributed by atoms with Crippen molar-refractivity contribution in [2.75, 3.05) is 5.32 Å². The average molecular weight is 373 g/mol. The highest BCUT2D eigenvalue weighted by Gasteiger charge is 2.16. The molecule has 1 N–H and O–H groups in total. The number of nitrogens with zero attached hydrogens (tertiary/aromatic N) is 3. The summed E-state index contributed by atoms with van der Waals surface area (Å²) < 4.78 is 1.07. The van der Waals surface area contributed by atoms with Crippen LogP contribution >= 0.6 is 34.3 Å². The molecule has 0 aliphatic rings. The summed E-state index contributed by atoms with van der Waals surface area (Å²) in [7, 11) is 0. The van der Waals surface area contributed by atoms with E-state index in [0.29, 0.717) is 27.2 Å². The number of hydrogen-bond acceptors (Lipinski definition) is 6. The number of anilines is 1. The topological polar surface area (TPSA) is 67.8 Å². The quantitative estimate of drug-likeness (QED) is 0.565. The van der Waals surface area contributed by atoms with Crippen molar-refractivity contribution in [3.8, 4) is 10.7 Å². The molecule has 0 spiro atoms. The van der Waals surface area contributed by atoms with Gasteiger partial charge in [0.2, 0.25) is 0 Å². The summed E-state index contributed by atoms with van der Waals surface area (Å²) in [5.41, 5.74) is 0.882. The molecule has 4 rings (SSSR count). The van der Waals surface area contributed by atoms with Gasteiger partial charge in [-0.15, -0.1) is 22.7 Å². The highest BCUT2D eigenvalue weighted by atomic mass is 35.5. The van der Waals surface area contributed by atoms with E-state index in [9.17, 15) is 4.79 Å². The average Bonchev–Trinajstić information content (AvgIpc) is 3.25. The van der Waals surface area contributed by atoms with Gasteiger partial charge >= 0.3 is 0 Å². The third kappa shape index (κ3) is 2.77. The SMILES string of the molecule is O=C(Nc1nccc2sccc12)c1csc(-c2ncccc2Cl)n1. The number of carbonyl (C=O) groups excluding carboxylic acids is 1. The highest BCUT2D eigenvalue weighted by Crippen LogP contribution is 2.29. The smallest absolute Gasteiger partial charge is 0.276 e. The summed E-state index contributed by atoms with van der Waals surface area (Å²) in [6.45, 7) is 0. The van der Waals surface area contributed by atoms with Crippen LogP contribution in [0.2, 0.25) is 5.02 Å². The molecule has 4 heterocycles. The maximum atomic E-state index is 12.5. The monoisotopic (exact) mass is 372 g/mol. The molecular formula is C16H9ClN4OS2. The van der Waals surface area contributed by atoms with Crippen LogP contribution in [0, 0.1) is 0 Å². The molecule has 0 bridgehead atoms. The lowest BCUT2D eigenvalue weighted by atomic mass is 10.3. The van der Waals surface area contributed by atoms with Gasteiger partial charge in [-0.1, -0.05) is 11.6 Å². The van der Waals surface area contributed by atoms with Crippen molar-refractivity contribution < 1.29 is 4.79 Å². The zero-order chi connectivity index (χ0) is 16.5. The number of halogens is 1. The Morgan fingerprint density at radius 1 is 1.12 bits per heavy atom. The molecule has 4 aromatic rings. The molecule has 0 saturated carbocycles. The summed E-state index contributed by atoms with van der Waals surface area (Å²) in [4.78, 5) is 25.2. The van der Waals surface area contributed by atoms with Crippen molar-refractivity contribution in [1.82, 2.24) is 15.0 Å². The fourth-order valence-electron chi connectivity index (χ4n) is 2.20. The van der Waals surface area contributed by atoms with E-state index in [-0.39, 0.29) is 5.91 Å². The zero-order valence-corrected chi connectivity index (χ0v) is 14.5. The number of amides is 1. The highest BCUT2D eigenvalue weighted by molar-refractivity contribution is 7.17. The zero-order valence-electron chi connectivity index (χ0n) is 12.1. The van der Waals surface area contributed by atoms with E-state index in [0.717, 1.165) is 10.1 Å². The van der Waals surface area contributed by atoms with Gasteiger partial charge in [-0.2, -0.15) is 0 Å². The first-order valence-corrected chi connectivity index (χ1v) is 9.06. The number of pyridine rings is 2. The molecule has 4 aromatic heterocycles. The fraction of sp³-hybridized carbons (Fsp3) is 0. The minimum absolute atomic E-state index is 0.309. The van der Waals surface area contributed by atoms with Gasteiger partial charge in [0.05, 0.1) is 5.02 Å². The first kappa shape index (κ1) is 15.2. The number of carbonyl (C=O) groups is 1. The standard InChI is InChI=1S/C16H9ClN4OS2/c17-10-2-1-5-18-13(10)16-20-11(8-24-16)15(22)21-14-9-4-7-23-12(9)3-6-19-14/h1-8H,(H,19,21,22). The molecule has 0 unspecified atom stereocenters. The first-order chi connectivity index (χ1) is 11.7. The number of fused-ring (bicyclic) bond motifs is 1. The molecule has 5 nitrogen and oxygen atoms in total. The lowest BCUT2D eigenvalue weighted by Gasteiger charge is -2.03. The molecule has 8 heteroatoms. The second-order valence-corrected chi connectivity index (χ2v) is 7.03. The molecule has 0 atom stereocenters. The molecular weight excluding hydrogens is 364 g/mol. The molecule has 118 valence electrons. The summed E-state index contributed by atoms with van der Waals surface area (Å²) in [5, 5.41) is 8.49. The van der Waals surface area contributed by atoms with Gasteiger partial charge in [-0.05, 0) is 29.6 Å². The van der Waals surface area contributed by atoms with Crippen molar-refractivity contribution in [2.45, 2.75) is 0 Å². The van der Waals surface area contributed by atoms with Gasteiger partial charge in [0, 0.05) is 27.9 Å². The number of rotatable bonds is 3. The molecule has 1 amide bonds. The predicted octanol–water partition coefficient (Wildman–Crippen LogP) is 4.72. The Morgan fingerprint density at radius 2 is 2.04 bits per heavy atom. The van der Waals surface area contributed by atoms with E-state index in [1.807, 2.05) is 17.5 Å². The fourth-order valence-corrected chi connectivity index (χ4v) is 4.05. The Morgan fingerprint density at radius 3 is 2.92 bits per heavy atom. The molecule has 0 aliphatic heterocycles. The van der Waals surface area contributed by atoms with E-state index in [2.05, 4.69) is 20.3 Å². The summed E-state index contributed by atoms with van der Waals surface area (Å²) >= 11 is 9.05. The summed E-state index contributed by atoms with van der Waals surface area (Å²) in [5.74, 6) is 0.222. The number of thiophene rings is 1. The molecule has 24 heavy (non-hydrogen) atoms. The van der Waals surface area contributed by atoms with Gasteiger partial charge in [-0.25, -0.2) is 9.97 Å². The molecule has 0 radical (unpaired) electrons. The van der Waals surface area contributed by atoms with E-state index in [1.54, 1.807) is 41.2 Å². The Balaban J connectivity index is 1.62. The van der Waals surface area contributed by atoms with Crippen molar-refractivity contribution in [3.63, 3.8) is 0 Å². The Labute approximate surface area is 150 Å². The van der Waals surface area contributed by atoms with E-state index >= 15 is 0 Å². The Kier molecular flexibility index (Phi) is 3.97. The van der Waals surface area contributed by atoms with Crippen LogP contribution in [0.25, 0.3) is 20.8 Å². The molecule has 0 fully saturated rings. The maximum absolute atomic E-state index is 12.5. The molecule has 0 aromatic carbocycles. The van der Waals surface area contributed by atoms with Crippen LogP contribution < -0.4 is 5.32 Å². The largest absolute Gasteiger partial charge is 0.305 e. The second-order valence-electron chi connectivity index (χ2n) is 4.82. The lowest BCUT2D eigenvalue weighted by Crippen LogP contribution is -2.13. The van der Waals surface area contributed by atoms with Gasteiger partial charge in [0.15, 0.2) is 0 Å². The van der Waals surface area contributed by atoms with Crippen LogP contribution in [0.4, 0.5) is 5.82 Å². The number of hydrogen-bond donors (Lipinski definition) is 1. The number of aromatic nitrogens is 3. The van der Waals surface area contributed by atoms with E-state index in [1.165, 1.54) is 11.3 Å². The lowest BCUT2D eigenvalue weighted by molar-refractivity contribution is 0.102. The maximum Gasteiger partial charge on any atom is 0.276 e. The summed E-state index contributed by atoms with van der Waals surface area (Å²) in [6, 6.07) is 7.34. The summed E-state index contributed by atoms with van der Waals surface area (Å²) in [6.07, 6.45) is 3.32. The molecule has 0 aliphatic carbocycles. The van der Waals surface area contributed by atoms with Crippen LogP contribution in [-0.4, -0.2) is 20.9 Å². The number of thiazole rings is 1. The van der Waals surface area contributed by atoms with Crippen molar-refractivity contribution in [1.29, 1.82) is 0 Å². The van der Waals surface area contributed by atoms with Gasteiger partial charge in [0.25, 0.3) is 5.91 Å². The predicted molar refractivity (Wildman–Crippen MR) is 97.9 cm³/mol. The van der Waals surface area contributed by atoms with Crippen molar-refractivity contribution in [2.24, 2.45) is 0 Å². The minimum atomic E-state index is -0.309. The Hall–Kier alpha value is -2.35. The van der Waals surface area contributed by atoms with Gasteiger partial charge in [0.1, 0.15) is 22.2 Å². The van der Waals surface area contributed by atoms with Crippen LogP contribution in [0.3, 0.4) is 0 Å². The Bertz CT molecular complexity index is 1040. The van der Waals surface area contributed by atoms with Gasteiger partial charge in [-0.3, -0.25) is 9.78 Å². The normalized spacial score (nSPS) is 10.9. The first-order valence-electron chi connectivity index (χ1n) is 6.92. The number of nitrogens with one attached hydrogen (secondary N) is 1.